The molecule has 0 bridgehead atoms. The van der Waals surface area contributed by atoms with Crippen LogP contribution in [-0.2, 0) is 12.8 Å². The molecule has 3 heteroatoms. The van der Waals surface area contributed by atoms with E-state index in [1.807, 2.05) is 30.5 Å². The Labute approximate surface area is 95.3 Å². The van der Waals surface area contributed by atoms with Gasteiger partial charge in [-0.1, -0.05) is 18.2 Å². The molecule has 0 spiro atoms. The van der Waals surface area contributed by atoms with E-state index >= 15 is 0 Å². The average molecular weight is 213 g/mol. The van der Waals surface area contributed by atoms with Gasteiger partial charge in [0, 0.05) is 17.6 Å². The highest BCUT2D eigenvalue weighted by Gasteiger charge is 1.96. The summed E-state index contributed by atoms with van der Waals surface area (Å²) in [5, 5.41) is 0. The van der Waals surface area contributed by atoms with E-state index in [1.165, 1.54) is 5.56 Å². The molecule has 2 aromatic rings. The Hall–Kier alpha value is -1.87. The van der Waals surface area contributed by atoms with Crippen molar-refractivity contribution < 1.29 is 0 Å². The fourth-order valence-electron chi connectivity index (χ4n) is 1.59. The van der Waals surface area contributed by atoms with Crippen molar-refractivity contribution in [2.24, 2.45) is 5.84 Å². The van der Waals surface area contributed by atoms with E-state index in [2.05, 4.69) is 28.6 Å². The summed E-state index contributed by atoms with van der Waals surface area (Å²) in [7, 11) is 0. The van der Waals surface area contributed by atoms with Crippen LogP contribution >= 0.6 is 0 Å². The summed E-state index contributed by atoms with van der Waals surface area (Å²) in [5.41, 5.74) is 5.97. The molecule has 0 saturated heterocycles. The Morgan fingerprint density at radius 3 is 2.44 bits per heavy atom. The monoisotopic (exact) mass is 213 g/mol. The smallest absolute Gasteiger partial charge is 0.0485 e. The Bertz CT molecular complexity index is 423. The molecular formula is C13H15N3. The Balaban J connectivity index is 1.94. The van der Waals surface area contributed by atoms with E-state index in [4.69, 9.17) is 5.84 Å². The molecule has 0 aliphatic rings. The van der Waals surface area contributed by atoms with Crippen molar-refractivity contribution in [2.45, 2.75) is 12.8 Å². The second kappa shape index (κ2) is 5.28. The molecule has 1 heterocycles. The van der Waals surface area contributed by atoms with Crippen LogP contribution in [0, 0.1) is 0 Å². The second-order valence-corrected chi connectivity index (χ2v) is 3.66. The lowest BCUT2D eigenvalue weighted by molar-refractivity contribution is 0.914. The van der Waals surface area contributed by atoms with Gasteiger partial charge in [-0.3, -0.25) is 10.8 Å². The van der Waals surface area contributed by atoms with Gasteiger partial charge in [0.2, 0.25) is 0 Å². The van der Waals surface area contributed by atoms with Gasteiger partial charge < -0.3 is 5.43 Å². The van der Waals surface area contributed by atoms with Gasteiger partial charge in [0.15, 0.2) is 0 Å². The van der Waals surface area contributed by atoms with Crippen molar-refractivity contribution in [1.82, 2.24) is 4.98 Å². The zero-order valence-corrected chi connectivity index (χ0v) is 9.06. The van der Waals surface area contributed by atoms with Gasteiger partial charge in [-0.15, -0.1) is 0 Å². The van der Waals surface area contributed by atoms with Crippen LogP contribution < -0.4 is 11.3 Å². The molecule has 16 heavy (non-hydrogen) atoms. The molecule has 3 nitrogen and oxygen atoms in total. The Kier molecular flexibility index (Phi) is 3.51. The van der Waals surface area contributed by atoms with Crippen LogP contribution in [0.1, 0.15) is 11.3 Å². The van der Waals surface area contributed by atoms with Crippen molar-refractivity contribution in [1.29, 1.82) is 0 Å². The van der Waals surface area contributed by atoms with E-state index in [0.717, 1.165) is 24.2 Å². The molecule has 1 aromatic heterocycles. The third kappa shape index (κ3) is 2.81. The van der Waals surface area contributed by atoms with Crippen LogP contribution in [-0.4, -0.2) is 4.98 Å². The number of rotatable bonds is 4. The fourth-order valence-corrected chi connectivity index (χ4v) is 1.59. The van der Waals surface area contributed by atoms with Gasteiger partial charge in [-0.25, -0.2) is 0 Å². The largest absolute Gasteiger partial charge is 0.324 e. The number of hydrogen-bond donors (Lipinski definition) is 2. The van der Waals surface area contributed by atoms with E-state index < -0.39 is 0 Å². The van der Waals surface area contributed by atoms with Gasteiger partial charge >= 0.3 is 0 Å². The first kappa shape index (κ1) is 10.6. The molecular weight excluding hydrogens is 198 g/mol. The molecule has 0 aliphatic heterocycles. The van der Waals surface area contributed by atoms with Crippen LogP contribution in [0.5, 0.6) is 0 Å². The number of aryl methyl sites for hydroxylation is 2. The first-order valence-corrected chi connectivity index (χ1v) is 5.34. The molecule has 3 N–H and O–H groups in total. The number of hydrogen-bond acceptors (Lipinski definition) is 3. The highest BCUT2D eigenvalue weighted by molar-refractivity contribution is 5.43. The topological polar surface area (TPSA) is 50.9 Å². The number of anilines is 1. The van der Waals surface area contributed by atoms with E-state index in [0.29, 0.717) is 0 Å². The van der Waals surface area contributed by atoms with Crippen LogP contribution in [0.4, 0.5) is 5.69 Å². The highest BCUT2D eigenvalue weighted by Crippen LogP contribution is 2.10. The summed E-state index contributed by atoms with van der Waals surface area (Å²) in [6.07, 6.45) is 3.80. The van der Waals surface area contributed by atoms with E-state index in [-0.39, 0.29) is 0 Å². The molecule has 0 aliphatic carbocycles. The summed E-state index contributed by atoms with van der Waals surface area (Å²) >= 11 is 0. The summed E-state index contributed by atoms with van der Waals surface area (Å²) in [6, 6.07) is 14.1. The number of nitrogens with zero attached hydrogens (tertiary/aromatic N) is 1. The molecule has 0 unspecified atom stereocenters. The lowest BCUT2D eigenvalue weighted by atomic mass is 10.1. The maximum absolute atomic E-state index is 5.30. The van der Waals surface area contributed by atoms with Crippen LogP contribution in [0.15, 0.2) is 48.7 Å². The predicted molar refractivity (Wildman–Crippen MR) is 65.9 cm³/mol. The summed E-state index contributed by atoms with van der Waals surface area (Å²) < 4.78 is 0. The quantitative estimate of drug-likeness (QED) is 0.604. The third-order valence-corrected chi connectivity index (χ3v) is 2.52. The van der Waals surface area contributed by atoms with E-state index in [9.17, 15) is 0 Å². The number of hydrazine groups is 1. The number of nitrogens with one attached hydrogen (secondary N) is 1. The number of nitrogen functional groups attached to an aromatic ring is 1. The Morgan fingerprint density at radius 2 is 1.81 bits per heavy atom. The van der Waals surface area contributed by atoms with Gasteiger partial charge in [-0.2, -0.15) is 0 Å². The first-order chi connectivity index (χ1) is 7.88. The van der Waals surface area contributed by atoms with Gasteiger partial charge in [-0.05, 0) is 42.7 Å². The van der Waals surface area contributed by atoms with Crippen molar-refractivity contribution in [3.8, 4) is 0 Å². The van der Waals surface area contributed by atoms with Crippen molar-refractivity contribution in [2.75, 3.05) is 5.43 Å². The zero-order chi connectivity index (χ0) is 11.2. The minimum atomic E-state index is 0.932. The van der Waals surface area contributed by atoms with Crippen LogP contribution in [0.25, 0.3) is 0 Å². The van der Waals surface area contributed by atoms with E-state index in [1.54, 1.807) is 0 Å². The molecule has 0 saturated carbocycles. The van der Waals surface area contributed by atoms with Gasteiger partial charge in [0.25, 0.3) is 0 Å². The normalized spacial score (nSPS) is 10.1. The standard InChI is InChI=1S/C13H15N3/c14-16-13-8-5-11(6-9-13)4-7-12-3-1-2-10-15-12/h1-3,5-6,8-10,16H,4,7,14H2. The molecule has 0 radical (unpaired) electrons. The molecule has 0 fully saturated rings. The number of nitrogens with two attached hydrogens (primary N) is 1. The second-order valence-electron chi connectivity index (χ2n) is 3.66. The van der Waals surface area contributed by atoms with Crippen molar-refractivity contribution in [3.05, 3.63) is 59.9 Å². The maximum atomic E-state index is 5.30. The lowest BCUT2D eigenvalue weighted by Gasteiger charge is -2.03. The maximum Gasteiger partial charge on any atom is 0.0485 e. The third-order valence-electron chi connectivity index (χ3n) is 2.52. The lowest BCUT2D eigenvalue weighted by Crippen LogP contribution is -2.06. The summed E-state index contributed by atoms with van der Waals surface area (Å²) in [6.45, 7) is 0. The molecule has 2 rings (SSSR count). The van der Waals surface area contributed by atoms with Crippen LogP contribution in [0.2, 0.25) is 0 Å². The first-order valence-electron chi connectivity index (χ1n) is 5.34. The number of pyridine rings is 1. The Morgan fingerprint density at radius 1 is 1.00 bits per heavy atom. The summed E-state index contributed by atoms with van der Waals surface area (Å²) in [5.74, 6) is 5.30. The highest BCUT2D eigenvalue weighted by atomic mass is 15.2. The molecule has 1 aromatic carbocycles. The zero-order valence-electron chi connectivity index (χ0n) is 9.06. The van der Waals surface area contributed by atoms with Crippen molar-refractivity contribution >= 4 is 5.69 Å². The van der Waals surface area contributed by atoms with Crippen molar-refractivity contribution in [3.63, 3.8) is 0 Å². The predicted octanol–water partition coefficient (Wildman–Crippen LogP) is 2.15. The molecule has 82 valence electrons. The van der Waals surface area contributed by atoms with Crippen LogP contribution in [0.3, 0.4) is 0 Å². The number of aromatic nitrogens is 1. The van der Waals surface area contributed by atoms with Gasteiger partial charge in [0.1, 0.15) is 0 Å². The number of benzene rings is 1. The average Bonchev–Trinajstić information content (AvgIpc) is 2.38. The SMILES string of the molecule is NNc1ccc(CCc2ccccn2)cc1. The molecule has 0 atom stereocenters. The minimum absolute atomic E-state index is 0.932. The van der Waals surface area contributed by atoms with Gasteiger partial charge in [0.05, 0.1) is 0 Å². The summed E-state index contributed by atoms with van der Waals surface area (Å²) in [4.78, 5) is 4.30. The fraction of sp³-hybridized carbons (Fsp3) is 0.154. The molecule has 0 amide bonds. The minimum Gasteiger partial charge on any atom is -0.324 e.